The summed E-state index contributed by atoms with van der Waals surface area (Å²) in [6.45, 7) is 8.14. The third-order valence-electron chi connectivity index (χ3n) is 4.53. The topological polar surface area (TPSA) is 52.7 Å². The SMILES string of the molecule is CN1CCN(CC(N)(CO)c2ccccc2)CC1(C)C. The van der Waals surface area contributed by atoms with Crippen molar-refractivity contribution in [2.75, 3.05) is 39.8 Å². The van der Waals surface area contributed by atoms with Gasteiger partial charge < -0.3 is 10.8 Å². The molecule has 0 radical (unpaired) electrons. The molecule has 1 unspecified atom stereocenters. The van der Waals surface area contributed by atoms with Gasteiger partial charge in [-0.3, -0.25) is 9.80 Å². The van der Waals surface area contributed by atoms with E-state index >= 15 is 0 Å². The van der Waals surface area contributed by atoms with Gasteiger partial charge in [0, 0.05) is 31.7 Å². The van der Waals surface area contributed by atoms with Gasteiger partial charge in [0.2, 0.25) is 0 Å². The zero-order valence-electron chi connectivity index (χ0n) is 12.8. The Morgan fingerprint density at radius 2 is 1.90 bits per heavy atom. The van der Waals surface area contributed by atoms with Gasteiger partial charge in [0.15, 0.2) is 0 Å². The van der Waals surface area contributed by atoms with Crippen LogP contribution in [0, 0.1) is 0 Å². The van der Waals surface area contributed by atoms with E-state index in [-0.39, 0.29) is 12.1 Å². The summed E-state index contributed by atoms with van der Waals surface area (Å²) in [5.41, 5.74) is 6.92. The standard InChI is InChI=1S/C16H27N3O/c1-15(2)11-19(10-9-18(15)3)12-16(17,13-20)14-7-5-4-6-8-14/h4-8,20H,9-13,17H2,1-3H3. The van der Waals surface area contributed by atoms with Gasteiger partial charge in [0.05, 0.1) is 12.1 Å². The summed E-state index contributed by atoms with van der Waals surface area (Å²) in [5, 5.41) is 9.79. The Balaban J connectivity index is 2.11. The number of likely N-dealkylation sites (N-methyl/N-ethyl adjacent to an activating group) is 1. The second-order valence-electron chi connectivity index (χ2n) is 6.62. The first kappa shape index (κ1) is 15.4. The maximum atomic E-state index is 9.79. The van der Waals surface area contributed by atoms with E-state index in [1.807, 2.05) is 30.3 Å². The van der Waals surface area contributed by atoms with Gasteiger partial charge in [-0.1, -0.05) is 30.3 Å². The van der Waals surface area contributed by atoms with Crippen molar-refractivity contribution in [3.63, 3.8) is 0 Å². The lowest BCUT2D eigenvalue weighted by atomic mass is 9.89. The molecule has 0 saturated carbocycles. The van der Waals surface area contributed by atoms with Crippen molar-refractivity contribution < 1.29 is 5.11 Å². The van der Waals surface area contributed by atoms with Crippen LogP contribution in [0.2, 0.25) is 0 Å². The number of piperazine rings is 1. The van der Waals surface area contributed by atoms with Crippen LogP contribution in [-0.4, -0.2) is 60.3 Å². The second-order valence-corrected chi connectivity index (χ2v) is 6.62. The predicted octanol–water partition coefficient (Wildman–Crippen LogP) is 0.859. The molecule has 20 heavy (non-hydrogen) atoms. The minimum absolute atomic E-state index is 0.0379. The monoisotopic (exact) mass is 277 g/mol. The minimum Gasteiger partial charge on any atom is -0.394 e. The van der Waals surface area contributed by atoms with Gasteiger partial charge in [0.25, 0.3) is 0 Å². The lowest BCUT2D eigenvalue weighted by molar-refractivity contribution is 0.0203. The highest BCUT2D eigenvalue weighted by atomic mass is 16.3. The predicted molar refractivity (Wildman–Crippen MR) is 82.5 cm³/mol. The number of nitrogens with two attached hydrogens (primary N) is 1. The number of hydrogen-bond donors (Lipinski definition) is 2. The molecule has 112 valence electrons. The molecule has 4 nitrogen and oxygen atoms in total. The number of benzene rings is 1. The van der Waals surface area contributed by atoms with Gasteiger partial charge >= 0.3 is 0 Å². The smallest absolute Gasteiger partial charge is 0.0772 e. The van der Waals surface area contributed by atoms with Crippen molar-refractivity contribution in [2.24, 2.45) is 5.73 Å². The summed E-state index contributed by atoms with van der Waals surface area (Å²) in [6.07, 6.45) is 0. The Hall–Kier alpha value is -0.940. The van der Waals surface area contributed by atoms with Crippen LogP contribution in [0.1, 0.15) is 19.4 Å². The van der Waals surface area contributed by atoms with Crippen molar-refractivity contribution in [2.45, 2.75) is 24.9 Å². The molecule has 0 amide bonds. The van der Waals surface area contributed by atoms with Gasteiger partial charge in [-0.05, 0) is 26.5 Å². The molecule has 0 aromatic heterocycles. The van der Waals surface area contributed by atoms with Crippen molar-refractivity contribution in [1.29, 1.82) is 0 Å². The van der Waals surface area contributed by atoms with E-state index in [4.69, 9.17) is 5.73 Å². The largest absolute Gasteiger partial charge is 0.394 e. The minimum atomic E-state index is -0.687. The van der Waals surface area contributed by atoms with Crippen LogP contribution in [0.3, 0.4) is 0 Å². The molecule has 1 aliphatic rings. The lowest BCUT2D eigenvalue weighted by Crippen LogP contribution is -2.61. The summed E-state index contributed by atoms with van der Waals surface area (Å²) < 4.78 is 0. The zero-order valence-corrected chi connectivity index (χ0v) is 12.8. The molecule has 1 aromatic rings. The molecule has 1 atom stereocenters. The van der Waals surface area contributed by atoms with Crippen molar-refractivity contribution in [3.8, 4) is 0 Å². The van der Waals surface area contributed by atoms with Crippen molar-refractivity contribution >= 4 is 0 Å². The molecule has 0 spiro atoms. The Morgan fingerprint density at radius 1 is 1.25 bits per heavy atom. The van der Waals surface area contributed by atoms with Crippen molar-refractivity contribution in [1.82, 2.24) is 9.80 Å². The summed E-state index contributed by atoms with van der Waals surface area (Å²) >= 11 is 0. The van der Waals surface area contributed by atoms with Gasteiger partial charge in [-0.25, -0.2) is 0 Å². The molecular weight excluding hydrogens is 250 g/mol. The van der Waals surface area contributed by atoms with E-state index < -0.39 is 5.54 Å². The first-order valence-corrected chi connectivity index (χ1v) is 7.26. The summed E-state index contributed by atoms with van der Waals surface area (Å²) in [5.74, 6) is 0. The molecule has 0 bridgehead atoms. The molecule has 1 fully saturated rings. The van der Waals surface area contributed by atoms with E-state index in [0.717, 1.165) is 25.2 Å². The number of aliphatic hydroxyl groups is 1. The first-order valence-electron chi connectivity index (χ1n) is 7.26. The fraction of sp³-hybridized carbons (Fsp3) is 0.625. The molecule has 1 heterocycles. The molecule has 0 aliphatic carbocycles. The maximum Gasteiger partial charge on any atom is 0.0772 e. The number of nitrogens with zero attached hydrogens (tertiary/aromatic N) is 2. The van der Waals surface area contributed by atoms with E-state index in [1.54, 1.807) is 0 Å². The normalized spacial score (nSPS) is 23.4. The average molecular weight is 277 g/mol. The zero-order chi connectivity index (χ0) is 14.8. The van der Waals surface area contributed by atoms with Gasteiger partial charge in [-0.2, -0.15) is 0 Å². The third-order valence-corrected chi connectivity index (χ3v) is 4.53. The highest BCUT2D eigenvalue weighted by molar-refractivity contribution is 5.24. The van der Waals surface area contributed by atoms with Crippen molar-refractivity contribution in [3.05, 3.63) is 35.9 Å². The van der Waals surface area contributed by atoms with Crippen LogP contribution in [0.15, 0.2) is 30.3 Å². The highest BCUT2D eigenvalue weighted by Gasteiger charge is 2.35. The third kappa shape index (κ3) is 3.20. The second kappa shape index (κ2) is 5.82. The fourth-order valence-electron chi connectivity index (χ4n) is 2.88. The Bertz CT molecular complexity index is 435. The number of hydrogen-bond acceptors (Lipinski definition) is 4. The average Bonchev–Trinajstić information content (AvgIpc) is 2.43. The number of aliphatic hydroxyl groups excluding tert-OH is 1. The molecule has 4 heteroatoms. The number of rotatable bonds is 4. The van der Waals surface area contributed by atoms with Crippen LogP contribution in [-0.2, 0) is 5.54 Å². The van der Waals surface area contributed by atoms with E-state index in [9.17, 15) is 5.11 Å². The summed E-state index contributed by atoms with van der Waals surface area (Å²) in [6, 6.07) is 9.91. The van der Waals surface area contributed by atoms with Gasteiger partial charge in [-0.15, -0.1) is 0 Å². The summed E-state index contributed by atoms with van der Waals surface area (Å²) in [4.78, 5) is 4.74. The molecule has 1 saturated heterocycles. The molecule has 2 rings (SSSR count). The molecular formula is C16H27N3O. The van der Waals surface area contributed by atoms with Crippen LogP contribution < -0.4 is 5.73 Å². The molecule has 1 aliphatic heterocycles. The van der Waals surface area contributed by atoms with Crippen LogP contribution in [0.4, 0.5) is 0 Å². The Labute approximate surface area is 122 Å². The first-order chi connectivity index (χ1) is 9.37. The van der Waals surface area contributed by atoms with E-state index in [0.29, 0.717) is 6.54 Å². The summed E-state index contributed by atoms with van der Waals surface area (Å²) in [7, 11) is 2.16. The lowest BCUT2D eigenvalue weighted by Gasteiger charge is -2.47. The van der Waals surface area contributed by atoms with Crippen LogP contribution in [0.5, 0.6) is 0 Å². The Kier molecular flexibility index (Phi) is 4.49. The van der Waals surface area contributed by atoms with E-state index in [1.165, 1.54) is 0 Å². The molecule has 3 N–H and O–H groups in total. The quantitative estimate of drug-likeness (QED) is 0.857. The highest BCUT2D eigenvalue weighted by Crippen LogP contribution is 2.24. The maximum absolute atomic E-state index is 9.79. The van der Waals surface area contributed by atoms with Crippen LogP contribution in [0.25, 0.3) is 0 Å². The van der Waals surface area contributed by atoms with E-state index in [2.05, 4.69) is 30.7 Å². The Morgan fingerprint density at radius 3 is 2.45 bits per heavy atom. The van der Waals surface area contributed by atoms with Gasteiger partial charge in [0.1, 0.15) is 0 Å². The fourth-order valence-corrected chi connectivity index (χ4v) is 2.88. The van der Waals surface area contributed by atoms with Crippen LogP contribution >= 0.6 is 0 Å². The molecule has 1 aromatic carbocycles.